The molecule has 4 heterocycles. The molecule has 11 heteroatoms. The second-order valence-corrected chi connectivity index (χ2v) is 7.67. The molecule has 0 aliphatic carbocycles. The predicted octanol–water partition coefficient (Wildman–Crippen LogP) is 3.66. The first-order chi connectivity index (χ1) is 15.9. The molecule has 1 fully saturated rings. The average Bonchev–Trinajstić information content (AvgIpc) is 3.22. The second kappa shape index (κ2) is 9.80. The summed E-state index contributed by atoms with van der Waals surface area (Å²) in [6.07, 6.45) is 3.74. The van der Waals surface area contributed by atoms with Gasteiger partial charge in [-0.3, -0.25) is 4.79 Å². The van der Waals surface area contributed by atoms with Crippen molar-refractivity contribution in [3.63, 3.8) is 0 Å². The molecule has 0 bridgehead atoms. The Morgan fingerprint density at radius 3 is 2.79 bits per heavy atom. The van der Waals surface area contributed by atoms with Gasteiger partial charge in [0.25, 0.3) is 6.43 Å². The summed E-state index contributed by atoms with van der Waals surface area (Å²) in [7, 11) is 0. The van der Waals surface area contributed by atoms with Crippen LogP contribution < -0.4 is 15.4 Å². The quantitative estimate of drug-likeness (QED) is 0.531. The second-order valence-electron chi connectivity index (χ2n) is 7.67. The van der Waals surface area contributed by atoms with E-state index in [-0.39, 0.29) is 25.2 Å². The fourth-order valence-electron chi connectivity index (χ4n) is 3.79. The summed E-state index contributed by atoms with van der Waals surface area (Å²) in [5, 5.41) is 10.7. The minimum Gasteiger partial charge on any atom is -0.470 e. The van der Waals surface area contributed by atoms with Gasteiger partial charge >= 0.3 is 0 Å². The summed E-state index contributed by atoms with van der Waals surface area (Å²) in [4.78, 5) is 22.0. The Labute approximate surface area is 191 Å². The summed E-state index contributed by atoms with van der Waals surface area (Å²) in [5.74, 6) is 1.02. The molecular formula is C22H27F2N7O2. The Morgan fingerprint density at radius 2 is 2.15 bits per heavy atom. The van der Waals surface area contributed by atoms with Gasteiger partial charge in [0, 0.05) is 51.0 Å². The van der Waals surface area contributed by atoms with Gasteiger partial charge in [-0.05, 0) is 37.2 Å². The molecule has 0 atom stereocenters. The molecule has 4 rings (SSSR count). The first-order valence-electron chi connectivity index (χ1n) is 10.6. The number of halogens is 2. The third kappa shape index (κ3) is 5.18. The molecule has 1 saturated heterocycles. The van der Waals surface area contributed by atoms with Crippen LogP contribution in [0.15, 0.2) is 43.4 Å². The van der Waals surface area contributed by atoms with Gasteiger partial charge in [-0.15, -0.1) is 5.10 Å². The molecule has 1 aliphatic heterocycles. The number of anilines is 2. The molecule has 3 aromatic rings. The van der Waals surface area contributed by atoms with E-state index >= 15 is 0 Å². The number of amides is 1. The molecule has 0 spiro atoms. The number of carbonyl (C=O) groups excluding carboxylic acids is 1. The van der Waals surface area contributed by atoms with Crippen LogP contribution in [0.2, 0.25) is 0 Å². The fourth-order valence-corrected chi connectivity index (χ4v) is 3.79. The first-order valence-corrected chi connectivity index (χ1v) is 10.6. The van der Waals surface area contributed by atoms with Crippen molar-refractivity contribution >= 4 is 23.2 Å². The number of nitrogens with one attached hydrogen (secondary N) is 2. The zero-order chi connectivity index (χ0) is 23.4. The van der Waals surface area contributed by atoms with E-state index in [1.165, 1.54) is 6.20 Å². The van der Waals surface area contributed by atoms with E-state index < -0.39 is 13.0 Å². The standard InChI is InChI=1S/C22H25F2N7O2.H2/c1-3-25-19-5-4-15(12-26-19)17-8-11-31-20(17)21(33-13-18(23)24)28-22(29-31)27-16-6-9-30(10-7-16)14(2)32;/h3-5,8,11-12,16,18H,1,6-7,9-10,13H2,2H3,(H,25,26)(H,27,29);1H. The van der Waals surface area contributed by atoms with Crippen molar-refractivity contribution < 1.29 is 19.7 Å². The van der Waals surface area contributed by atoms with Crippen molar-refractivity contribution in [3.8, 4) is 17.0 Å². The van der Waals surface area contributed by atoms with Crippen LogP contribution in [0.3, 0.4) is 0 Å². The van der Waals surface area contributed by atoms with E-state index in [9.17, 15) is 13.6 Å². The molecule has 0 unspecified atom stereocenters. The van der Waals surface area contributed by atoms with Gasteiger partial charge in [-0.1, -0.05) is 6.58 Å². The van der Waals surface area contributed by atoms with Crippen LogP contribution in [0.1, 0.15) is 21.2 Å². The highest BCUT2D eigenvalue weighted by Crippen LogP contribution is 2.32. The van der Waals surface area contributed by atoms with Crippen LogP contribution in [0.5, 0.6) is 5.88 Å². The largest absolute Gasteiger partial charge is 0.470 e. The number of ether oxygens (including phenoxy) is 1. The van der Waals surface area contributed by atoms with Crippen LogP contribution in [-0.2, 0) is 4.79 Å². The van der Waals surface area contributed by atoms with E-state index in [4.69, 9.17) is 4.74 Å². The van der Waals surface area contributed by atoms with Crippen molar-refractivity contribution in [1.29, 1.82) is 0 Å². The molecule has 2 N–H and O–H groups in total. The number of piperidine rings is 1. The minimum absolute atomic E-state index is 0. The molecule has 1 aliphatic rings. The van der Waals surface area contributed by atoms with Crippen molar-refractivity contribution in [2.75, 3.05) is 30.3 Å². The number of likely N-dealkylation sites (tertiary alicyclic amines) is 1. The van der Waals surface area contributed by atoms with Crippen molar-refractivity contribution in [3.05, 3.63) is 43.4 Å². The van der Waals surface area contributed by atoms with Crippen molar-refractivity contribution in [2.45, 2.75) is 32.2 Å². The van der Waals surface area contributed by atoms with E-state index in [1.54, 1.807) is 34.8 Å². The number of hydrogen-bond acceptors (Lipinski definition) is 7. The van der Waals surface area contributed by atoms with Crippen molar-refractivity contribution in [2.24, 2.45) is 0 Å². The number of carbonyl (C=O) groups is 1. The lowest BCUT2D eigenvalue weighted by atomic mass is 10.1. The maximum absolute atomic E-state index is 12.9. The van der Waals surface area contributed by atoms with Crippen LogP contribution >= 0.6 is 0 Å². The van der Waals surface area contributed by atoms with E-state index in [1.807, 2.05) is 12.1 Å². The lowest BCUT2D eigenvalue weighted by Crippen LogP contribution is -2.41. The maximum Gasteiger partial charge on any atom is 0.272 e. The van der Waals surface area contributed by atoms with E-state index in [2.05, 4.69) is 32.3 Å². The summed E-state index contributed by atoms with van der Waals surface area (Å²) in [6.45, 7) is 5.66. The van der Waals surface area contributed by atoms with E-state index in [0.29, 0.717) is 30.0 Å². The van der Waals surface area contributed by atoms with Gasteiger partial charge in [-0.25, -0.2) is 18.3 Å². The number of alkyl halides is 2. The number of nitrogens with zero attached hydrogens (tertiary/aromatic N) is 5. The molecular weight excluding hydrogens is 432 g/mol. The highest BCUT2D eigenvalue weighted by atomic mass is 19.3. The Hall–Kier alpha value is -3.76. The van der Waals surface area contributed by atoms with Crippen LogP contribution in [0.4, 0.5) is 20.5 Å². The monoisotopic (exact) mass is 459 g/mol. The number of pyridine rings is 1. The third-order valence-corrected chi connectivity index (χ3v) is 5.42. The third-order valence-electron chi connectivity index (χ3n) is 5.42. The average molecular weight is 460 g/mol. The lowest BCUT2D eigenvalue weighted by molar-refractivity contribution is -0.129. The van der Waals surface area contributed by atoms with Gasteiger partial charge in [-0.2, -0.15) is 4.98 Å². The van der Waals surface area contributed by atoms with Gasteiger partial charge < -0.3 is 20.3 Å². The minimum atomic E-state index is -2.64. The summed E-state index contributed by atoms with van der Waals surface area (Å²) in [5.41, 5.74) is 1.94. The first kappa shape index (κ1) is 22.4. The normalized spacial score (nSPS) is 14.5. The van der Waals surface area contributed by atoms with Crippen LogP contribution in [-0.4, -0.2) is 62.6 Å². The highest BCUT2D eigenvalue weighted by Gasteiger charge is 2.23. The molecule has 1 amide bonds. The predicted molar refractivity (Wildman–Crippen MR) is 123 cm³/mol. The smallest absolute Gasteiger partial charge is 0.272 e. The van der Waals surface area contributed by atoms with E-state index in [0.717, 1.165) is 18.4 Å². The number of hydrogen-bond donors (Lipinski definition) is 2. The molecule has 0 aromatic carbocycles. The zero-order valence-electron chi connectivity index (χ0n) is 18.2. The SMILES string of the molecule is C=CNc1ccc(-c2ccn3nc(NC4CCN(C(C)=O)CC4)nc(OCC(F)F)c23)cn1.[HH]. The van der Waals surface area contributed by atoms with Gasteiger partial charge in [0.2, 0.25) is 17.7 Å². The van der Waals surface area contributed by atoms with Gasteiger partial charge in [0.1, 0.15) is 11.3 Å². The molecule has 0 saturated carbocycles. The molecule has 176 valence electrons. The van der Waals surface area contributed by atoms with Crippen LogP contribution in [0.25, 0.3) is 16.6 Å². The summed E-state index contributed by atoms with van der Waals surface area (Å²) in [6, 6.07) is 5.50. The maximum atomic E-state index is 12.9. The molecule has 9 nitrogen and oxygen atoms in total. The van der Waals surface area contributed by atoms with Gasteiger partial charge in [0.05, 0.1) is 0 Å². The number of rotatable bonds is 8. The van der Waals surface area contributed by atoms with Gasteiger partial charge in [0.15, 0.2) is 6.61 Å². The van der Waals surface area contributed by atoms with Crippen molar-refractivity contribution in [1.82, 2.24) is 24.5 Å². The fraction of sp³-hybridized carbons (Fsp3) is 0.364. The lowest BCUT2D eigenvalue weighted by Gasteiger charge is -2.31. The molecule has 0 radical (unpaired) electrons. The number of aromatic nitrogens is 4. The molecule has 33 heavy (non-hydrogen) atoms. The Kier molecular flexibility index (Phi) is 6.66. The molecule has 3 aromatic heterocycles. The topological polar surface area (TPSA) is 96.7 Å². The van der Waals surface area contributed by atoms with Crippen LogP contribution in [0, 0.1) is 0 Å². The number of fused-ring (bicyclic) bond motifs is 1. The Morgan fingerprint density at radius 1 is 1.36 bits per heavy atom. The summed E-state index contributed by atoms with van der Waals surface area (Å²) < 4.78 is 32.8. The zero-order valence-corrected chi connectivity index (χ0v) is 18.2. The Balaban J connectivity index is 0.00000324. The summed E-state index contributed by atoms with van der Waals surface area (Å²) >= 11 is 0. The Bertz CT molecular complexity index is 1130. The highest BCUT2D eigenvalue weighted by molar-refractivity contribution is 5.84.